The number of hydrogen-bond donors (Lipinski definition) is 1. The molecule has 1 heteroatoms. The van der Waals surface area contributed by atoms with Gasteiger partial charge in [0.15, 0.2) is 0 Å². The molecule has 10 heavy (non-hydrogen) atoms. The van der Waals surface area contributed by atoms with E-state index in [0.29, 0.717) is 6.61 Å². The van der Waals surface area contributed by atoms with Crippen molar-refractivity contribution in [1.29, 1.82) is 0 Å². The normalized spacial score (nSPS) is 30.6. The molecule has 0 aromatic rings. The van der Waals surface area contributed by atoms with Crippen molar-refractivity contribution < 1.29 is 5.11 Å². The molecule has 0 radical (unpaired) electrons. The smallest absolute Gasteiger partial charge is 0.0431 e. The van der Waals surface area contributed by atoms with E-state index in [0.717, 1.165) is 18.3 Å². The van der Waals surface area contributed by atoms with Crippen LogP contribution in [0.5, 0.6) is 0 Å². The first kappa shape index (κ1) is 8.06. The topological polar surface area (TPSA) is 20.2 Å². The van der Waals surface area contributed by atoms with Crippen LogP contribution in [0.4, 0.5) is 0 Å². The molecule has 0 bridgehead atoms. The van der Waals surface area contributed by atoms with E-state index in [1.807, 2.05) is 0 Å². The lowest BCUT2D eigenvalue weighted by Crippen LogP contribution is -1.85. The van der Waals surface area contributed by atoms with E-state index in [9.17, 15) is 0 Å². The highest BCUT2D eigenvalue weighted by molar-refractivity contribution is 4.84. The van der Waals surface area contributed by atoms with Crippen molar-refractivity contribution in [2.24, 2.45) is 11.8 Å². The molecule has 0 amide bonds. The molecular formula is C9H18O. The van der Waals surface area contributed by atoms with Gasteiger partial charge >= 0.3 is 0 Å². The highest BCUT2D eigenvalue weighted by Crippen LogP contribution is 2.44. The van der Waals surface area contributed by atoms with E-state index in [2.05, 4.69) is 6.92 Å². The number of aliphatic hydroxyl groups excluding tert-OH is 1. The predicted molar refractivity (Wildman–Crippen MR) is 42.8 cm³/mol. The van der Waals surface area contributed by atoms with Gasteiger partial charge < -0.3 is 5.11 Å². The van der Waals surface area contributed by atoms with Crippen molar-refractivity contribution in [3.8, 4) is 0 Å². The maximum absolute atomic E-state index is 8.52. The zero-order chi connectivity index (χ0) is 7.40. The minimum atomic E-state index is 0.378. The first-order valence-electron chi connectivity index (χ1n) is 4.49. The van der Waals surface area contributed by atoms with Gasteiger partial charge in [0.2, 0.25) is 0 Å². The monoisotopic (exact) mass is 142 g/mol. The van der Waals surface area contributed by atoms with Gasteiger partial charge in [-0.3, -0.25) is 0 Å². The van der Waals surface area contributed by atoms with Crippen LogP contribution in [0.2, 0.25) is 0 Å². The summed E-state index contributed by atoms with van der Waals surface area (Å²) in [5, 5.41) is 8.52. The van der Waals surface area contributed by atoms with Crippen molar-refractivity contribution in [3.05, 3.63) is 0 Å². The second kappa shape index (κ2) is 3.97. The van der Waals surface area contributed by atoms with Gasteiger partial charge in [-0.05, 0) is 24.7 Å². The van der Waals surface area contributed by atoms with E-state index in [1.165, 1.54) is 25.7 Å². The Morgan fingerprint density at radius 2 is 2.10 bits per heavy atom. The average Bonchev–Trinajstić information content (AvgIpc) is 2.68. The average molecular weight is 142 g/mol. The Bertz CT molecular complexity index is 90.7. The van der Waals surface area contributed by atoms with Crippen LogP contribution in [-0.4, -0.2) is 11.7 Å². The molecule has 1 saturated carbocycles. The van der Waals surface area contributed by atoms with Gasteiger partial charge in [0.25, 0.3) is 0 Å². The van der Waals surface area contributed by atoms with Gasteiger partial charge in [0.1, 0.15) is 0 Å². The molecule has 0 spiro atoms. The maximum Gasteiger partial charge on any atom is 0.0431 e. The molecule has 0 aliphatic heterocycles. The summed E-state index contributed by atoms with van der Waals surface area (Å²) in [7, 11) is 0. The lowest BCUT2D eigenvalue weighted by Gasteiger charge is -1.95. The van der Waals surface area contributed by atoms with E-state index >= 15 is 0 Å². The molecule has 60 valence electrons. The highest BCUT2D eigenvalue weighted by atomic mass is 16.2. The van der Waals surface area contributed by atoms with Crippen LogP contribution < -0.4 is 0 Å². The first-order chi connectivity index (χ1) is 4.88. The summed E-state index contributed by atoms with van der Waals surface area (Å²) in [5.74, 6) is 2.07. The van der Waals surface area contributed by atoms with Crippen LogP contribution in [0.25, 0.3) is 0 Å². The van der Waals surface area contributed by atoms with E-state index < -0.39 is 0 Å². The minimum absolute atomic E-state index is 0.378. The van der Waals surface area contributed by atoms with Gasteiger partial charge in [0.05, 0.1) is 0 Å². The molecular weight excluding hydrogens is 124 g/mol. The summed E-state index contributed by atoms with van der Waals surface area (Å²) in [6.45, 7) is 2.65. The summed E-state index contributed by atoms with van der Waals surface area (Å²) in [5.41, 5.74) is 0. The quantitative estimate of drug-likeness (QED) is 0.583. The molecule has 0 saturated heterocycles. The van der Waals surface area contributed by atoms with Crippen molar-refractivity contribution in [3.63, 3.8) is 0 Å². The molecule has 1 rings (SSSR count). The Hall–Kier alpha value is -0.0400. The number of hydrogen-bond acceptors (Lipinski definition) is 1. The Morgan fingerprint density at radius 1 is 1.30 bits per heavy atom. The zero-order valence-electron chi connectivity index (χ0n) is 6.84. The van der Waals surface area contributed by atoms with Gasteiger partial charge in [-0.15, -0.1) is 0 Å². The van der Waals surface area contributed by atoms with Crippen molar-refractivity contribution >= 4 is 0 Å². The number of rotatable bonds is 5. The molecule has 1 N–H and O–H groups in total. The molecule has 0 aromatic heterocycles. The first-order valence-corrected chi connectivity index (χ1v) is 4.49. The Morgan fingerprint density at radius 3 is 2.60 bits per heavy atom. The number of unbranched alkanes of at least 4 members (excludes halogenated alkanes) is 1. The molecule has 0 heterocycles. The SMILES string of the molecule is CC[C@H]1C[C@H]1CCCCO. The standard InChI is InChI=1S/C9H18O/c1-2-8-7-9(8)5-3-4-6-10/h8-10H,2-7H2,1H3/t8-,9+/m0/s1. The Kier molecular flexibility index (Phi) is 3.20. The third-order valence-electron chi connectivity index (χ3n) is 2.58. The summed E-state index contributed by atoms with van der Waals surface area (Å²) in [6, 6.07) is 0. The molecule has 1 aliphatic rings. The van der Waals surface area contributed by atoms with E-state index in [1.54, 1.807) is 0 Å². The van der Waals surface area contributed by atoms with Gasteiger partial charge in [-0.1, -0.05) is 26.2 Å². The lowest BCUT2D eigenvalue weighted by molar-refractivity contribution is 0.281. The highest BCUT2D eigenvalue weighted by Gasteiger charge is 2.33. The maximum atomic E-state index is 8.52. The Labute approximate surface area is 63.4 Å². The Balaban J connectivity index is 1.87. The lowest BCUT2D eigenvalue weighted by atomic mass is 10.1. The van der Waals surface area contributed by atoms with Crippen LogP contribution in [0.3, 0.4) is 0 Å². The molecule has 0 unspecified atom stereocenters. The summed E-state index contributed by atoms with van der Waals surface area (Å²) < 4.78 is 0. The van der Waals surface area contributed by atoms with Crippen LogP contribution in [0, 0.1) is 11.8 Å². The van der Waals surface area contributed by atoms with Crippen molar-refractivity contribution in [2.75, 3.05) is 6.61 Å². The fourth-order valence-corrected chi connectivity index (χ4v) is 1.68. The van der Waals surface area contributed by atoms with Crippen LogP contribution >= 0.6 is 0 Å². The van der Waals surface area contributed by atoms with Crippen LogP contribution in [0.1, 0.15) is 39.0 Å². The van der Waals surface area contributed by atoms with Crippen molar-refractivity contribution in [2.45, 2.75) is 39.0 Å². The summed E-state index contributed by atoms with van der Waals surface area (Å²) in [6.07, 6.45) is 6.43. The van der Waals surface area contributed by atoms with Crippen LogP contribution in [-0.2, 0) is 0 Å². The number of aliphatic hydroxyl groups is 1. The zero-order valence-corrected chi connectivity index (χ0v) is 6.84. The summed E-state index contributed by atoms with van der Waals surface area (Å²) >= 11 is 0. The third kappa shape index (κ3) is 2.30. The molecule has 1 fully saturated rings. The van der Waals surface area contributed by atoms with E-state index in [-0.39, 0.29) is 0 Å². The third-order valence-corrected chi connectivity index (χ3v) is 2.58. The largest absolute Gasteiger partial charge is 0.396 e. The van der Waals surface area contributed by atoms with Crippen molar-refractivity contribution in [1.82, 2.24) is 0 Å². The predicted octanol–water partition coefficient (Wildman–Crippen LogP) is 2.20. The fourth-order valence-electron chi connectivity index (χ4n) is 1.68. The molecule has 2 atom stereocenters. The second-order valence-electron chi connectivity index (χ2n) is 3.38. The second-order valence-corrected chi connectivity index (χ2v) is 3.38. The molecule has 1 aliphatic carbocycles. The van der Waals surface area contributed by atoms with Gasteiger partial charge in [-0.2, -0.15) is 0 Å². The van der Waals surface area contributed by atoms with E-state index in [4.69, 9.17) is 5.11 Å². The molecule has 0 aromatic carbocycles. The van der Waals surface area contributed by atoms with Gasteiger partial charge in [-0.25, -0.2) is 0 Å². The van der Waals surface area contributed by atoms with Gasteiger partial charge in [0, 0.05) is 6.61 Å². The fraction of sp³-hybridized carbons (Fsp3) is 1.00. The van der Waals surface area contributed by atoms with Crippen LogP contribution in [0.15, 0.2) is 0 Å². The minimum Gasteiger partial charge on any atom is -0.396 e. The summed E-state index contributed by atoms with van der Waals surface area (Å²) in [4.78, 5) is 0. The molecule has 1 nitrogen and oxygen atoms in total.